The summed E-state index contributed by atoms with van der Waals surface area (Å²) in [5.74, 6) is 0.655. The quantitative estimate of drug-likeness (QED) is 0.200. The van der Waals surface area contributed by atoms with E-state index < -0.39 is 0 Å². The fourth-order valence-corrected chi connectivity index (χ4v) is 11.1. The molecule has 4 aromatic rings. The van der Waals surface area contributed by atoms with Crippen molar-refractivity contribution in [3.63, 3.8) is 0 Å². The van der Waals surface area contributed by atoms with E-state index in [-0.39, 0.29) is 15.8 Å². The number of fused-ring (bicyclic) bond motifs is 1. The fraction of sp³-hybridized carbons (Fsp3) is 0.235. The molecule has 0 amide bonds. The molecule has 0 bridgehead atoms. The van der Waals surface area contributed by atoms with Gasteiger partial charge in [-0.15, -0.1) is 0 Å². The number of hydrogen-bond donors (Lipinski definition) is 0. The zero-order valence-electron chi connectivity index (χ0n) is 21.2. The van der Waals surface area contributed by atoms with Crippen molar-refractivity contribution in [3.8, 4) is 0 Å². The first kappa shape index (κ1) is 25.1. The largest absolute Gasteiger partial charge is 0.0808 e. The summed E-state index contributed by atoms with van der Waals surface area (Å²) in [5.41, 5.74) is 3.60. The predicted octanol–water partition coefficient (Wildman–Crippen LogP) is 8.50. The van der Waals surface area contributed by atoms with E-state index in [0.717, 1.165) is 0 Å². The van der Waals surface area contributed by atoms with Crippen molar-refractivity contribution in [1.82, 2.24) is 0 Å². The minimum atomic E-state index is -0.340. The summed E-state index contributed by atoms with van der Waals surface area (Å²) < 4.78 is 0. The van der Waals surface area contributed by atoms with Crippen molar-refractivity contribution in [2.24, 2.45) is 5.92 Å². The van der Waals surface area contributed by atoms with Crippen LogP contribution in [0.3, 0.4) is 0 Å². The van der Waals surface area contributed by atoms with Gasteiger partial charge in [-0.25, -0.2) is 0 Å². The molecule has 0 aliphatic heterocycles. The third-order valence-corrected chi connectivity index (χ3v) is 12.9. The molecule has 0 heterocycles. The maximum atomic E-state index is 2.47. The molecule has 0 N–H and O–H groups in total. The predicted molar refractivity (Wildman–Crippen MR) is 163 cm³/mol. The maximum Gasteiger partial charge on any atom is 0.00934 e. The van der Waals surface area contributed by atoms with E-state index in [9.17, 15) is 0 Å². The molecule has 0 aromatic heterocycles. The Morgan fingerprint density at radius 3 is 1.81 bits per heavy atom. The maximum absolute atomic E-state index is 2.47. The van der Waals surface area contributed by atoms with Crippen molar-refractivity contribution in [3.05, 3.63) is 132 Å². The lowest BCUT2D eigenvalue weighted by atomic mass is 9.98. The van der Waals surface area contributed by atoms with Crippen LogP contribution in [0.5, 0.6) is 0 Å². The molecule has 4 aromatic carbocycles. The standard InChI is InChI=1S/C34H36P2/c1-2-28-23-24-29-15-12-13-22-33(29)34(27-28)36(32-20-10-5-11-21-32)26-14-25-35(30-16-6-3-7-17-30)31-18-8-4-9-19-31/h3-13,15-24,28,34H,2,14,25-27H2,1H3. The average molecular weight is 507 g/mol. The zero-order valence-corrected chi connectivity index (χ0v) is 23.0. The number of allylic oxidation sites excluding steroid dienone is 1. The van der Waals surface area contributed by atoms with Gasteiger partial charge in [-0.1, -0.05) is 142 Å². The molecule has 2 heteroatoms. The number of hydrogen-bond acceptors (Lipinski definition) is 0. The highest BCUT2D eigenvalue weighted by Crippen LogP contribution is 2.56. The van der Waals surface area contributed by atoms with Gasteiger partial charge in [0, 0.05) is 5.66 Å². The second kappa shape index (κ2) is 12.6. The van der Waals surface area contributed by atoms with E-state index in [0.29, 0.717) is 11.6 Å². The first-order valence-corrected chi connectivity index (χ1v) is 16.4. The fourth-order valence-electron chi connectivity index (χ4n) is 5.40. The highest BCUT2D eigenvalue weighted by Gasteiger charge is 2.29. The molecule has 0 saturated carbocycles. The van der Waals surface area contributed by atoms with Crippen LogP contribution in [0.1, 0.15) is 43.0 Å². The molecule has 0 saturated heterocycles. The van der Waals surface area contributed by atoms with Crippen molar-refractivity contribution in [2.75, 3.05) is 12.3 Å². The highest BCUT2D eigenvalue weighted by molar-refractivity contribution is 7.73. The summed E-state index contributed by atoms with van der Waals surface area (Å²) in [6.45, 7) is 2.35. The van der Waals surface area contributed by atoms with Crippen LogP contribution < -0.4 is 15.9 Å². The molecular weight excluding hydrogens is 470 g/mol. The van der Waals surface area contributed by atoms with Crippen LogP contribution in [0.25, 0.3) is 6.08 Å². The summed E-state index contributed by atoms with van der Waals surface area (Å²) in [5, 5.41) is 4.56. The highest BCUT2D eigenvalue weighted by atomic mass is 31.1. The Morgan fingerprint density at radius 1 is 0.639 bits per heavy atom. The summed E-state index contributed by atoms with van der Waals surface area (Å²) >= 11 is 0. The van der Waals surface area contributed by atoms with Crippen LogP contribution in [0.15, 0.2) is 121 Å². The van der Waals surface area contributed by atoms with Crippen LogP contribution in [0, 0.1) is 5.92 Å². The first-order valence-electron chi connectivity index (χ1n) is 13.3. The van der Waals surface area contributed by atoms with Gasteiger partial charge >= 0.3 is 0 Å². The third-order valence-electron chi connectivity index (χ3n) is 7.33. The Labute approximate surface area is 220 Å². The van der Waals surface area contributed by atoms with Crippen molar-refractivity contribution >= 4 is 37.8 Å². The first-order chi connectivity index (χ1) is 17.8. The minimum absolute atomic E-state index is 0.308. The zero-order chi connectivity index (χ0) is 24.6. The van der Waals surface area contributed by atoms with Gasteiger partial charge in [-0.05, 0) is 72.5 Å². The van der Waals surface area contributed by atoms with Gasteiger partial charge in [0.1, 0.15) is 0 Å². The Morgan fingerprint density at radius 2 is 1.19 bits per heavy atom. The van der Waals surface area contributed by atoms with Crippen LogP contribution in [0.4, 0.5) is 0 Å². The minimum Gasteiger partial charge on any atom is -0.0808 e. The molecule has 0 nitrogen and oxygen atoms in total. The molecule has 3 atom stereocenters. The van der Waals surface area contributed by atoms with Gasteiger partial charge < -0.3 is 0 Å². The topological polar surface area (TPSA) is 0 Å². The van der Waals surface area contributed by atoms with Crippen molar-refractivity contribution in [1.29, 1.82) is 0 Å². The third kappa shape index (κ3) is 6.06. The van der Waals surface area contributed by atoms with Crippen LogP contribution in [-0.4, -0.2) is 12.3 Å². The molecule has 0 radical (unpaired) electrons. The van der Waals surface area contributed by atoms with E-state index in [1.165, 1.54) is 47.8 Å². The SMILES string of the molecule is CCC1C=Cc2ccccc2C(P(CCCP(c2ccccc2)c2ccccc2)c2ccccc2)C1. The van der Waals surface area contributed by atoms with E-state index in [1.807, 2.05) is 0 Å². The van der Waals surface area contributed by atoms with Crippen LogP contribution in [-0.2, 0) is 0 Å². The van der Waals surface area contributed by atoms with Crippen LogP contribution in [0.2, 0.25) is 0 Å². The summed E-state index contributed by atoms with van der Waals surface area (Å²) in [7, 11) is -0.648. The second-order valence-electron chi connectivity index (χ2n) is 9.61. The summed E-state index contributed by atoms with van der Waals surface area (Å²) in [4.78, 5) is 0. The Balaban J connectivity index is 1.43. The van der Waals surface area contributed by atoms with E-state index in [4.69, 9.17) is 0 Å². The van der Waals surface area contributed by atoms with E-state index in [2.05, 4.69) is 134 Å². The molecular formula is C34H36P2. The van der Waals surface area contributed by atoms with Crippen molar-refractivity contribution in [2.45, 2.75) is 31.8 Å². The lowest BCUT2D eigenvalue weighted by molar-refractivity contribution is 0.568. The Bertz CT molecular complexity index is 1190. The Kier molecular flexibility index (Phi) is 8.82. The molecule has 1 aliphatic carbocycles. The molecule has 0 fully saturated rings. The molecule has 182 valence electrons. The van der Waals surface area contributed by atoms with E-state index in [1.54, 1.807) is 10.9 Å². The van der Waals surface area contributed by atoms with Gasteiger partial charge in [-0.3, -0.25) is 0 Å². The van der Waals surface area contributed by atoms with Crippen molar-refractivity contribution < 1.29 is 0 Å². The second-order valence-corrected chi connectivity index (χ2v) is 14.5. The normalized spacial score (nSPS) is 17.9. The summed E-state index contributed by atoms with van der Waals surface area (Å²) in [6.07, 6.45) is 11.1. The smallest absolute Gasteiger partial charge is 0.00934 e. The monoisotopic (exact) mass is 506 g/mol. The average Bonchev–Trinajstić information content (AvgIpc) is 3.14. The molecule has 36 heavy (non-hydrogen) atoms. The van der Waals surface area contributed by atoms with Gasteiger partial charge in [0.25, 0.3) is 0 Å². The lowest BCUT2D eigenvalue weighted by Gasteiger charge is -2.31. The Hall–Kier alpha value is -2.52. The van der Waals surface area contributed by atoms with Gasteiger partial charge in [0.05, 0.1) is 0 Å². The summed E-state index contributed by atoms with van der Waals surface area (Å²) in [6, 6.07) is 43.0. The van der Waals surface area contributed by atoms with Crippen LogP contribution >= 0.6 is 15.8 Å². The lowest BCUT2D eigenvalue weighted by Crippen LogP contribution is -2.16. The molecule has 0 spiro atoms. The molecule has 5 rings (SSSR count). The van der Waals surface area contributed by atoms with Gasteiger partial charge in [0.15, 0.2) is 0 Å². The number of benzene rings is 4. The van der Waals surface area contributed by atoms with Gasteiger partial charge in [-0.2, -0.15) is 0 Å². The van der Waals surface area contributed by atoms with Gasteiger partial charge in [0.2, 0.25) is 0 Å². The molecule has 3 unspecified atom stereocenters. The number of rotatable bonds is 9. The van der Waals surface area contributed by atoms with E-state index >= 15 is 0 Å². The molecule has 1 aliphatic rings.